The van der Waals surface area contributed by atoms with Gasteiger partial charge in [-0.25, -0.2) is 0 Å². The van der Waals surface area contributed by atoms with E-state index in [1.807, 2.05) is 0 Å². The maximum atomic E-state index is 9.02. The lowest BCUT2D eigenvalue weighted by molar-refractivity contribution is 0.288. The molecule has 0 unspecified atom stereocenters. The molecule has 0 bridgehead atoms. The third-order valence-electron chi connectivity index (χ3n) is 3.33. The highest BCUT2D eigenvalue weighted by atomic mass is 16.3. The lowest BCUT2D eigenvalue weighted by Gasteiger charge is -2.30. The Morgan fingerprint density at radius 2 is 2.05 bits per heavy atom. The number of nitrogens with zero attached hydrogens (tertiary/aromatic N) is 1. The summed E-state index contributed by atoms with van der Waals surface area (Å²) in [5, 5.41) is 12.4. The summed E-state index contributed by atoms with van der Waals surface area (Å²) >= 11 is 0. The van der Waals surface area contributed by atoms with Crippen LogP contribution in [0.4, 0.5) is 5.69 Å². The molecule has 1 rings (SSSR count). The van der Waals surface area contributed by atoms with E-state index < -0.39 is 0 Å². The molecule has 1 aromatic carbocycles. The first-order valence-electron chi connectivity index (χ1n) is 7.27. The monoisotopic (exact) mass is 264 g/mol. The Kier molecular flexibility index (Phi) is 6.89. The average Bonchev–Trinajstić information content (AvgIpc) is 2.38. The average molecular weight is 264 g/mol. The van der Waals surface area contributed by atoms with Gasteiger partial charge in [0.2, 0.25) is 0 Å². The van der Waals surface area contributed by atoms with Crippen LogP contribution in [0.15, 0.2) is 18.2 Å². The van der Waals surface area contributed by atoms with Crippen LogP contribution >= 0.6 is 0 Å². The molecule has 3 heteroatoms. The van der Waals surface area contributed by atoms with Gasteiger partial charge in [-0.05, 0) is 50.9 Å². The van der Waals surface area contributed by atoms with Gasteiger partial charge in [0.25, 0.3) is 0 Å². The fourth-order valence-electron chi connectivity index (χ4n) is 2.32. The first-order chi connectivity index (χ1) is 9.10. The second-order valence-corrected chi connectivity index (χ2v) is 5.27. The van der Waals surface area contributed by atoms with Crippen molar-refractivity contribution in [3.8, 4) is 0 Å². The van der Waals surface area contributed by atoms with Crippen molar-refractivity contribution < 1.29 is 5.11 Å². The van der Waals surface area contributed by atoms with Gasteiger partial charge in [-0.1, -0.05) is 19.1 Å². The third-order valence-corrected chi connectivity index (χ3v) is 3.33. The molecule has 0 heterocycles. The Labute approximate surface area is 117 Å². The van der Waals surface area contributed by atoms with Crippen molar-refractivity contribution in [1.82, 2.24) is 5.32 Å². The van der Waals surface area contributed by atoms with Gasteiger partial charge in [0, 0.05) is 31.4 Å². The van der Waals surface area contributed by atoms with Gasteiger partial charge >= 0.3 is 0 Å². The van der Waals surface area contributed by atoms with Gasteiger partial charge in [0.05, 0.1) is 0 Å². The Morgan fingerprint density at radius 1 is 1.32 bits per heavy atom. The third kappa shape index (κ3) is 4.84. The van der Waals surface area contributed by atoms with Gasteiger partial charge < -0.3 is 15.3 Å². The topological polar surface area (TPSA) is 35.5 Å². The van der Waals surface area contributed by atoms with Crippen LogP contribution in [0.1, 0.15) is 38.3 Å². The van der Waals surface area contributed by atoms with Gasteiger partial charge in [-0.15, -0.1) is 0 Å². The summed E-state index contributed by atoms with van der Waals surface area (Å²) in [5.74, 6) is 0. The summed E-state index contributed by atoms with van der Waals surface area (Å²) in [6.07, 6.45) is 0.816. The summed E-state index contributed by atoms with van der Waals surface area (Å²) in [7, 11) is 0. The second kappa shape index (κ2) is 8.18. The molecule has 0 fully saturated rings. The van der Waals surface area contributed by atoms with E-state index >= 15 is 0 Å². The van der Waals surface area contributed by atoms with Crippen molar-refractivity contribution in [3.63, 3.8) is 0 Å². The fourth-order valence-corrected chi connectivity index (χ4v) is 2.32. The molecule has 2 N–H and O–H groups in total. The number of benzene rings is 1. The van der Waals surface area contributed by atoms with Gasteiger partial charge in [-0.3, -0.25) is 0 Å². The van der Waals surface area contributed by atoms with Crippen molar-refractivity contribution in [3.05, 3.63) is 29.3 Å². The molecule has 1 aromatic rings. The van der Waals surface area contributed by atoms with Crippen LogP contribution in [0.3, 0.4) is 0 Å². The summed E-state index contributed by atoms with van der Waals surface area (Å²) < 4.78 is 0. The molecule has 0 aliphatic carbocycles. The minimum atomic E-state index is 0.251. The van der Waals surface area contributed by atoms with Crippen LogP contribution in [0.2, 0.25) is 0 Å². The molecule has 0 aliphatic heterocycles. The van der Waals surface area contributed by atoms with E-state index in [1.165, 1.54) is 16.8 Å². The van der Waals surface area contributed by atoms with Crippen LogP contribution in [-0.2, 0) is 6.54 Å². The predicted octanol–water partition coefficient (Wildman–Crippen LogP) is 2.70. The summed E-state index contributed by atoms with van der Waals surface area (Å²) in [6, 6.07) is 7.11. The normalized spacial score (nSPS) is 11.1. The highest BCUT2D eigenvalue weighted by Crippen LogP contribution is 2.23. The largest absolute Gasteiger partial charge is 0.396 e. The number of hydrogen-bond acceptors (Lipinski definition) is 3. The van der Waals surface area contributed by atoms with Crippen LogP contribution in [0.5, 0.6) is 0 Å². The van der Waals surface area contributed by atoms with Gasteiger partial charge in [-0.2, -0.15) is 0 Å². The van der Waals surface area contributed by atoms with Gasteiger partial charge in [0.15, 0.2) is 0 Å². The van der Waals surface area contributed by atoms with E-state index in [-0.39, 0.29) is 6.61 Å². The minimum Gasteiger partial charge on any atom is -0.396 e. The van der Waals surface area contributed by atoms with Crippen molar-refractivity contribution >= 4 is 5.69 Å². The zero-order valence-corrected chi connectivity index (χ0v) is 12.7. The van der Waals surface area contributed by atoms with Crippen molar-refractivity contribution in [2.45, 2.75) is 46.7 Å². The molecule has 0 radical (unpaired) electrons. The minimum absolute atomic E-state index is 0.251. The molecular weight excluding hydrogens is 236 g/mol. The first kappa shape index (κ1) is 16.0. The van der Waals surface area contributed by atoms with E-state index in [0.717, 1.165) is 26.1 Å². The summed E-state index contributed by atoms with van der Waals surface area (Å²) in [5.41, 5.74) is 3.92. The van der Waals surface area contributed by atoms with Gasteiger partial charge in [0.1, 0.15) is 0 Å². The predicted molar refractivity (Wildman–Crippen MR) is 82.7 cm³/mol. The van der Waals surface area contributed by atoms with Crippen molar-refractivity contribution in [2.75, 3.05) is 24.6 Å². The molecule has 0 saturated carbocycles. The lowest BCUT2D eigenvalue weighted by atomic mass is 10.1. The molecule has 0 aromatic heterocycles. The van der Waals surface area contributed by atoms with E-state index in [9.17, 15) is 0 Å². The molecule has 108 valence electrons. The number of aliphatic hydroxyl groups is 1. The second-order valence-electron chi connectivity index (χ2n) is 5.27. The van der Waals surface area contributed by atoms with Crippen LogP contribution < -0.4 is 10.2 Å². The molecule has 0 atom stereocenters. The van der Waals surface area contributed by atoms with Crippen LogP contribution in [0.25, 0.3) is 0 Å². The molecule has 0 saturated heterocycles. The molecule has 0 spiro atoms. The highest BCUT2D eigenvalue weighted by Gasteiger charge is 2.12. The van der Waals surface area contributed by atoms with Crippen LogP contribution in [0, 0.1) is 6.92 Å². The Balaban J connectivity index is 2.85. The SMILES string of the molecule is CCNCc1ccc(N(CCCO)C(C)C)c(C)c1. The number of nitrogens with one attached hydrogen (secondary N) is 1. The fraction of sp³-hybridized carbons (Fsp3) is 0.625. The first-order valence-corrected chi connectivity index (χ1v) is 7.27. The van der Waals surface area contributed by atoms with Crippen molar-refractivity contribution in [2.24, 2.45) is 0 Å². The number of hydrogen-bond donors (Lipinski definition) is 2. The number of aryl methyl sites for hydroxylation is 1. The quantitative estimate of drug-likeness (QED) is 0.758. The molecule has 0 amide bonds. The zero-order chi connectivity index (χ0) is 14.3. The number of aliphatic hydroxyl groups excluding tert-OH is 1. The summed E-state index contributed by atoms with van der Waals surface area (Å²) in [6.45, 7) is 11.8. The summed E-state index contributed by atoms with van der Waals surface area (Å²) in [4.78, 5) is 2.36. The lowest BCUT2D eigenvalue weighted by Crippen LogP contribution is -2.32. The standard InChI is InChI=1S/C16H28N2O/c1-5-17-12-15-7-8-16(14(4)11-15)18(13(2)3)9-6-10-19/h7-8,11,13,17,19H,5-6,9-10,12H2,1-4H3. The van der Waals surface area contributed by atoms with Crippen molar-refractivity contribution in [1.29, 1.82) is 0 Å². The van der Waals surface area contributed by atoms with E-state index in [4.69, 9.17) is 5.11 Å². The highest BCUT2D eigenvalue weighted by molar-refractivity contribution is 5.55. The maximum Gasteiger partial charge on any atom is 0.0447 e. The Bertz CT molecular complexity index is 377. The Hall–Kier alpha value is -1.06. The number of anilines is 1. The zero-order valence-electron chi connectivity index (χ0n) is 12.7. The number of rotatable bonds is 8. The van der Waals surface area contributed by atoms with Crippen LogP contribution in [-0.4, -0.2) is 30.8 Å². The molecule has 0 aliphatic rings. The maximum absolute atomic E-state index is 9.02. The Morgan fingerprint density at radius 3 is 2.58 bits per heavy atom. The van der Waals surface area contributed by atoms with E-state index in [2.05, 4.69) is 56.1 Å². The smallest absolute Gasteiger partial charge is 0.0447 e. The molecule has 3 nitrogen and oxygen atoms in total. The molecule has 19 heavy (non-hydrogen) atoms. The molecular formula is C16H28N2O. The van der Waals surface area contributed by atoms with E-state index in [1.54, 1.807) is 0 Å². The van der Waals surface area contributed by atoms with E-state index in [0.29, 0.717) is 6.04 Å².